The van der Waals surface area contributed by atoms with E-state index in [1.165, 1.54) is 0 Å². The lowest BCUT2D eigenvalue weighted by molar-refractivity contribution is -0.134. The normalized spacial score (nSPS) is 7.57. The number of carbonyl (C=O) groups is 1. The summed E-state index contributed by atoms with van der Waals surface area (Å²) in [4.78, 5) is 10.1. The lowest BCUT2D eigenvalue weighted by Gasteiger charge is -1.90. The highest BCUT2D eigenvalue weighted by Crippen LogP contribution is 1.71. The molecule has 0 saturated carbocycles. The summed E-state index contributed by atoms with van der Waals surface area (Å²) in [6.45, 7) is 2.16. The molecule has 1 radical (unpaired) electrons. The van der Waals surface area contributed by atoms with Crippen molar-refractivity contribution in [3.8, 4) is 0 Å². The third-order valence-electron chi connectivity index (χ3n) is 0.392. The second-order valence-corrected chi connectivity index (χ2v) is 1.14. The van der Waals surface area contributed by atoms with Gasteiger partial charge in [-0.1, -0.05) is 0 Å². The van der Waals surface area contributed by atoms with Gasteiger partial charge in [0.2, 0.25) is 0 Å². The van der Waals surface area contributed by atoms with Gasteiger partial charge in [0.25, 0.3) is 0 Å². The summed E-state index contributed by atoms with van der Waals surface area (Å²) < 4.78 is 4.42. The zero-order valence-electron chi connectivity index (χ0n) is 4.05. The van der Waals surface area contributed by atoms with Gasteiger partial charge in [-0.15, -0.1) is 0 Å². The summed E-state index contributed by atoms with van der Waals surface area (Å²) in [7, 11) is 3.55. The van der Waals surface area contributed by atoms with Gasteiger partial charge in [0.1, 0.15) is 0 Å². The van der Waals surface area contributed by atoms with E-state index in [9.17, 15) is 4.79 Å². The van der Waals surface area contributed by atoms with Crippen LogP contribution in [0.15, 0.2) is 0 Å². The highest BCUT2D eigenvalue weighted by Gasteiger charge is 1.87. The van der Waals surface area contributed by atoms with Crippen molar-refractivity contribution in [3.05, 3.63) is 0 Å². The molecule has 0 aliphatic rings. The smallest absolute Gasteiger partial charge is 0.335 e. The maximum Gasteiger partial charge on any atom is 0.335 e. The van der Waals surface area contributed by atoms with E-state index in [0.717, 1.165) is 5.80 Å². The largest absolute Gasteiger partial charge is 0.463 e. The van der Waals surface area contributed by atoms with E-state index in [-0.39, 0.29) is 5.97 Å². The third-order valence-corrected chi connectivity index (χ3v) is 0.603. The minimum absolute atomic E-state index is 0.383. The van der Waals surface area contributed by atoms with Crippen LogP contribution in [-0.2, 0) is 9.53 Å². The summed E-state index contributed by atoms with van der Waals surface area (Å²) >= 11 is 0. The van der Waals surface area contributed by atoms with Crippen LogP contribution in [0, 0.1) is 0 Å². The Morgan fingerprint density at radius 3 is 2.71 bits per heavy atom. The molecule has 0 saturated heterocycles. The fourth-order valence-electron chi connectivity index (χ4n) is 0.180. The predicted octanol–water partition coefficient (Wildman–Crippen LogP) is 0.762. The van der Waals surface area contributed by atoms with Gasteiger partial charge in [-0.3, -0.25) is 0 Å². The van der Waals surface area contributed by atoms with Crippen LogP contribution in [0.25, 0.3) is 0 Å². The third kappa shape index (κ3) is 3.47. The molecule has 0 bridgehead atoms. The molecular weight excluding hydrogens is 111 g/mol. The van der Waals surface area contributed by atoms with E-state index in [2.05, 4.69) is 13.6 Å². The summed E-state index contributed by atoms with van der Waals surface area (Å²) in [5, 5.41) is 0. The molecule has 0 N–H and O–H groups in total. The van der Waals surface area contributed by atoms with E-state index in [4.69, 9.17) is 0 Å². The van der Waals surface area contributed by atoms with Gasteiger partial charge in [0.15, 0.2) is 0 Å². The zero-order chi connectivity index (χ0) is 5.70. The summed E-state index contributed by atoms with van der Waals surface area (Å²) in [5.41, 5.74) is 0. The molecule has 39 valence electrons. The van der Waals surface area contributed by atoms with Crippen molar-refractivity contribution >= 4 is 20.6 Å². The molecule has 0 aliphatic heterocycles. The molecule has 0 aromatic carbocycles. The second kappa shape index (κ2) is 3.82. The van der Waals surface area contributed by atoms with Crippen LogP contribution in [0.1, 0.15) is 6.92 Å². The van der Waals surface area contributed by atoms with Gasteiger partial charge in [0, 0.05) is 0 Å². The number of hydrogen-bond donors (Lipinski definition) is 0. The van der Waals surface area contributed by atoms with Crippen LogP contribution in [0.3, 0.4) is 0 Å². The van der Waals surface area contributed by atoms with E-state index in [1.54, 1.807) is 6.92 Å². The van der Waals surface area contributed by atoms with Crippen molar-refractivity contribution in [1.29, 1.82) is 0 Å². The Morgan fingerprint density at radius 2 is 2.57 bits per heavy atom. The number of ether oxygens (including phenoxy) is 1. The van der Waals surface area contributed by atoms with Gasteiger partial charge in [0.05, 0.1) is 12.4 Å². The first-order valence-electron chi connectivity index (χ1n) is 1.95. The number of hydrogen-bond acceptors (Lipinski definition) is 2. The summed E-state index contributed by atoms with van der Waals surface area (Å²) in [5.74, 6) is 0.703. The molecule has 0 aromatic rings. The molecule has 0 amide bonds. The van der Waals surface area contributed by atoms with Crippen molar-refractivity contribution in [2.45, 2.75) is 6.92 Å². The van der Waals surface area contributed by atoms with Crippen molar-refractivity contribution in [2.75, 3.05) is 6.61 Å². The quantitative estimate of drug-likeness (QED) is 0.394. The van der Waals surface area contributed by atoms with E-state index >= 15 is 0 Å². The number of rotatable bonds is 2. The Labute approximate surface area is 44.7 Å². The van der Waals surface area contributed by atoms with Crippen LogP contribution >= 0.6 is 8.86 Å². The molecule has 0 unspecified atom stereocenters. The van der Waals surface area contributed by atoms with Crippen LogP contribution < -0.4 is 0 Å². The Kier molecular flexibility index (Phi) is 3.62. The monoisotopic (exact) mass is 117 g/mol. The maximum absolute atomic E-state index is 10.1. The van der Waals surface area contributed by atoms with Gasteiger partial charge in [-0.2, -0.15) is 0 Å². The lowest BCUT2D eigenvalue weighted by atomic mass is 10.8. The number of carbonyl (C=O) groups excluding carboxylic acids is 1. The van der Waals surface area contributed by atoms with E-state index in [0.29, 0.717) is 6.61 Å². The van der Waals surface area contributed by atoms with Crippen molar-refractivity contribution in [2.24, 2.45) is 0 Å². The molecule has 0 heterocycles. The van der Waals surface area contributed by atoms with Crippen LogP contribution in [0.4, 0.5) is 0 Å². The Hall–Kier alpha value is -0.360. The SMILES string of the molecule is CCOC(=O)C=[P]. The van der Waals surface area contributed by atoms with Crippen LogP contribution in [0.5, 0.6) is 0 Å². The average molecular weight is 117 g/mol. The Bertz CT molecular complexity index is 79.8. The van der Waals surface area contributed by atoms with E-state index < -0.39 is 0 Å². The Morgan fingerprint density at radius 1 is 2.00 bits per heavy atom. The van der Waals surface area contributed by atoms with Crippen LogP contribution in [0.2, 0.25) is 0 Å². The van der Waals surface area contributed by atoms with Crippen molar-refractivity contribution < 1.29 is 9.53 Å². The standard InChI is InChI=1S/C4H6O2P/c1-2-6-4(5)3-7/h3H,2H2,1H3. The highest BCUT2D eigenvalue weighted by atomic mass is 31.0. The minimum Gasteiger partial charge on any atom is -0.463 e. The van der Waals surface area contributed by atoms with Crippen LogP contribution in [-0.4, -0.2) is 18.4 Å². The van der Waals surface area contributed by atoms with Gasteiger partial charge in [-0.25, -0.2) is 4.79 Å². The van der Waals surface area contributed by atoms with E-state index in [1.807, 2.05) is 0 Å². The molecule has 2 nitrogen and oxygen atoms in total. The molecule has 0 rings (SSSR count). The fourth-order valence-corrected chi connectivity index (χ4v) is 0.254. The molecule has 0 aliphatic carbocycles. The zero-order valence-corrected chi connectivity index (χ0v) is 4.94. The molecule has 3 heteroatoms. The first-order valence-corrected chi connectivity index (χ1v) is 2.47. The number of esters is 1. The second-order valence-electron chi connectivity index (χ2n) is 0.881. The van der Waals surface area contributed by atoms with Gasteiger partial charge in [-0.05, 0) is 15.8 Å². The molecule has 0 atom stereocenters. The average Bonchev–Trinajstić information content (AvgIpc) is 1.68. The lowest BCUT2D eigenvalue weighted by Crippen LogP contribution is -2.01. The van der Waals surface area contributed by atoms with Gasteiger partial charge >= 0.3 is 5.97 Å². The Balaban J connectivity index is 3.17. The predicted molar refractivity (Wildman–Crippen MR) is 29.6 cm³/mol. The molecular formula is C4H6O2P. The molecule has 0 spiro atoms. The maximum atomic E-state index is 10.1. The van der Waals surface area contributed by atoms with Gasteiger partial charge < -0.3 is 4.74 Å². The van der Waals surface area contributed by atoms with Crippen molar-refractivity contribution in [3.63, 3.8) is 0 Å². The fraction of sp³-hybridized carbons (Fsp3) is 0.500. The molecule has 0 aromatic heterocycles. The molecule has 0 fully saturated rings. The minimum atomic E-state index is -0.383. The molecule has 7 heavy (non-hydrogen) atoms. The topological polar surface area (TPSA) is 26.3 Å². The highest BCUT2D eigenvalue weighted by molar-refractivity contribution is 7.21. The van der Waals surface area contributed by atoms with Crippen molar-refractivity contribution in [1.82, 2.24) is 0 Å². The summed E-state index contributed by atoms with van der Waals surface area (Å²) in [6.07, 6.45) is 0. The summed E-state index contributed by atoms with van der Waals surface area (Å²) in [6, 6.07) is 0. The first kappa shape index (κ1) is 6.64. The first-order chi connectivity index (χ1) is 3.31.